The van der Waals surface area contributed by atoms with E-state index in [1.807, 2.05) is 0 Å². The summed E-state index contributed by atoms with van der Waals surface area (Å²) in [5.74, 6) is 0.422. The monoisotopic (exact) mass is 296 g/mol. The van der Waals surface area contributed by atoms with Gasteiger partial charge in [0.2, 0.25) is 5.91 Å². The highest BCUT2D eigenvalue weighted by Crippen LogP contribution is 2.43. The minimum atomic E-state index is 0.0575. The topological polar surface area (TPSA) is 50.4 Å². The SMILES string of the molecule is CCCCOC1CC(NC(=O)[C@H]2CCN[C@@H](C)C2)C1(C)C. The molecule has 1 saturated carbocycles. The Bertz CT molecular complexity index is 357. The first kappa shape index (κ1) is 16.8. The molecule has 2 aliphatic rings. The summed E-state index contributed by atoms with van der Waals surface area (Å²) in [7, 11) is 0. The van der Waals surface area contributed by atoms with Crippen LogP contribution in [0, 0.1) is 11.3 Å². The van der Waals surface area contributed by atoms with Gasteiger partial charge in [0.05, 0.1) is 6.10 Å². The number of ether oxygens (including phenoxy) is 1. The zero-order valence-electron chi connectivity index (χ0n) is 14.1. The van der Waals surface area contributed by atoms with Gasteiger partial charge in [-0.1, -0.05) is 27.2 Å². The number of unbranched alkanes of at least 4 members (excludes halogenated alkanes) is 1. The third-order valence-corrected chi connectivity index (χ3v) is 5.31. The Labute approximate surface area is 129 Å². The Balaban J connectivity index is 1.77. The molecule has 1 amide bonds. The number of rotatable bonds is 6. The molecule has 1 aliphatic carbocycles. The maximum absolute atomic E-state index is 12.4. The second kappa shape index (κ2) is 7.10. The second-order valence-electron chi connectivity index (χ2n) is 7.41. The fourth-order valence-electron chi connectivity index (χ4n) is 3.44. The number of carbonyl (C=O) groups is 1. The molecule has 0 radical (unpaired) electrons. The van der Waals surface area contributed by atoms with Gasteiger partial charge in [0.15, 0.2) is 0 Å². The van der Waals surface area contributed by atoms with E-state index >= 15 is 0 Å². The largest absolute Gasteiger partial charge is 0.378 e. The van der Waals surface area contributed by atoms with Crippen LogP contribution < -0.4 is 10.6 Å². The van der Waals surface area contributed by atoms with E-state index in [0.29, 0.717) is 12.1 Å². The molecule has 2 fully saturated rings. The van der Waals surface area contributed by atoms with Crippen LogP contribution >= 0.6 is 0 Å². The van der Waals surface area contributed by atoms with Crippen molar-refractivity contribution in [3.8, 4) is 0 Å². The van der Waals surface area contributed by atoms with Crippen LogP contribution in [-0.4, -0.2) is 37.2 Å². The maximum Gasteiger partial charge on any atom is 0.223 e. The van der Waals surface area contributed by atoms with E-state index in [1.54, 1.807) is 0 Å². The summed E-state index contributed by atoms with van der Waals surface area (Å²) in [6.07, 6.45) is 5.46. The molecule has 1 heterocycles. The Hall–Kier alpha value is -0.610. The molecular formula is C17H32N2O2. The molecule has 21 heavy (non-hydrogen) atoms. The van der Waals surface area contributed by atoms with Gasteiger partial charge in [-0.15, -0.1) is 0 Å². The van der Waals surface area contributed by atoms with Crippen LogP contribution in [0.1, 0.15) is 59.8 Å². The molecule has 0 bridgehead atoms. The Morgan fingerprint density at radius 1 is 1.38 bits per heavy atom. The zero-order chi connectivity index (χ0) is 15.5. The van der Waals surface area contributed by atoms with Gasteiger partial charge < -0.3 is 15.4 Å². The fraction of sp³-hybridized carbons (Fsp3) is 0.941. The molecule has 2 N–H and O–H groups in total. The lowest BCUT2D eigenvalue weighted by Crippen LogP contribution is -2.63. The third-order valence-electron chi connectivity index (χ3n) is 5.31. The number of carbonyl (C=O) groups excluding carboxylic acids is 1. The van der Waals surface area contributed by atoms with Gasteiger partial charge in [-0.3, -0.25) is 4.79 Å². The van der Waals surface area contributed by atoms with E-state index in [0.717, 1.165) is 38.8 Å². The standard InChI is InChI=1S/C17H32N2O2/c1-5-6-9-21-15-11-14(17(15,3)4)19-16(20)13-7-8-18-12(2)10-13/h12-15,18H,5-11H2,1-4H3,(H,19,20)/t12-,13-,14?,15?/m0/s1. The summed E-state index contributed by atoms with van der Waals surface area (Å²) < 4.78 is 5.95. The first-order valence-corrected chi connectivity index (χ1v) is 8.60. The minimum absolute atomic E-state index is 0.0575. The average molecular weight is 296 g/mol. The highest BCUT2D eigenvalue weighted by Gasteiger charge is 2.50. The van der Waals surface area contributed by atoms with Gasteiger partial charge in [-0.05, 0) is 39.2 Å². The highest BCUT2D eigenvalue weighted by molar-refractivity contribution is 5.79. The van der Waals surface area contributed by atoms with Crippen molar-refractivity contribution >= 4 is 5.91 Å². The average Bonchev–Trinajstić information content (AvgIpc) is 2.45. The molecule has 2 rings (SSSR count). The van der Waals surface area contributed by atoms with Crippen molar-refractivity contribution in [1.82, 2.24) is 10.6 Å². The Morgan fingerprint density at radius 3 is 2.76 bits per heavy atom. The van der Waals surface area contributed by atoms with Crippen LogP contribution in [0.2, 0.25) is 0 Å². The lowest BCUT2D eigenvalue weighted by molar-refractivity contribution is -0.141. The van der Waals surface area contributed by atoms with Crippen molar-refractivity contribution in [2.45, 2.75) is 78.0 Å². The van der Waals surface area contributed by atoms with E-state index in [4.69, 9.17) is 4.74 Å². The van der Waals surface area contributed by atoms with E-state index in [2.05, 4.69) is 38.3 Å². The lowest BCUT2D eigenvalue weighted by atomic mass is 9.64. The summed E-state index contributed by atoms with van der Waals surface area (Å²) in [6.45, 7) is 10.6. The van der Waals surface area contributed by atoms with Crippen molar-refractivity contribution in [2.24, 2.45) is 11.3 Å². The van der Waals surface area contributed by atoms with Crippen LogP contribution in [0.3, 0.4) is 0 Å². The summed E-state index contributed by atoms with van der Waals surface area (Å²) in [4.78, 5) is 12.4. The summed E-state index contributed by atoms with van der Waals surface area (Å²) >= 11 is 0. The quantitative estimate of drug-likeness (QED) is 0.740. The van der Waals surface area contributed by atoms with Crippen LogP contribution in [0.5, 0.6) is 0 Å². The smallest absolute Gasteiger partial charge is 0.223 e. The first-order valence-electron chi connectivity index (χ1n) is 8.60. The minimum Gasteiger partial charge on any atom is -0.378 e. The molecular weight excluding hydrogens is 264 g/mol. The van der Waals surface area contributed by atoms with Crippen LogP contribution in [0.4, 0.5) is 0 Å². The summed E-state index contributed by atoms with van der Waals surface area (Å²) in [5, 5.41) is 6.67. The van der Waals surface area contributed by atoms with Gasteiger partial charge in [-0.25, -0.2) is 0 Å². The maximum atomic E-state index is 12.4. The van der Waals surface area contributed by atoms with Crippen LogP contribution in [0.25, 0.3) is 0 Å². The van der Waals surface area contributed by atoms with Crippen LogP contribution in [-0.2, 0) is 9.53 Å². The Morgan fingerprint density at radius 2 is 2.14 bits per heavy atom. The normalized spacial score (nSPS) is 35.0. The molecule has 1 aliphatic heterocycles. The van der Waals surface area contributed by atoms with Crippen LogP contribution in [0.15, 0.2) is 0 Å². The molecule has 0 aromatic carbocycles. The molecule has 4 heteroatoms. The number of hydrogen-bond acceptors (Lipinski definition) is 3. The van der Waals surface area contributed by atoms with Gasteiger partial charge in [0.25, 0.3) is 0 Å². The van der Waals surface area contributed by atoms with Gasteiger partial charge in [0, 0.05) is 30.0 Å². The fourth-order valence-corrected chi connectivity index (χ4v) is 3.44. The summed E-state index contributed by atoms with van der Waals surface area (Å²) in [5.41, 5.74) is 0.0575. The Kier molecular flexibility index (Phi) is 5.67. The number of piperidine rings is 1. The van der Waals surface area contributed by atoms with Crippen molar-refractivity contribution in [3.05, 3.63) is 0 Å². The number of amides is 1. The lowest BCUT2D eigenvalue weighted by Gasteiger charge is -2.52. The van der Waals surface area contributed by atoms with Crippen molar-refractivity contribution in [3.63, 3.8) is 0 Å². The van der Waals surface area contributed by atoms with Crippen molar-refractivity contribution in [1.29, 1.82) is 0 Å². The molecule has 0 aromatic heterocycles. The number of nitrogens with one attached hydrogen (secondary N) is 2. The van der Waals surface area contributed by atoms with Crippen molar-refractivity contribution < 1.29 is 9.53 Å². The molecule has 122 valence electrons. The van der Waals surface area contributed by atoms with E-state index in [-0.39, 0.29) is 23.3 Å². The molecule has 2 unspecified atom stereocenters. The first-order chi connectivity index (χ1) is 9.95. The second-order valence-corrected chi connectivity index (χ2v) is 7.41. The molecule has 0 spiro atoms. The van der Waals surface area contributed by atoms with E-state index < -0.39 is 0 Å². The predicted molar refractivity (Wildman–Crippen MR) is 85.2 cm³/mol. The van der Waals surface area contributed by atoms with Gasteiger partial charge >= 0.3 is 0 Å². The highest BCUT2D eigenvalue weighted by atomic mass is 16.5. The van der Waals surface area contributed by atoms with E-state index in [1.165, 1.54) is 6.42 Å². The summed E-state index contributed by atoms with van der Waals surface area (Å²) in [6, 6.07) is 0.718. The molecule has 0 aromatic rings. The van der Waals surface area contributed by atoms with Gasteiger partial charge in [0.1, 0.15) is 0 Å². The molecule has 4 atom stereocenters. The molecule has 1 saturated heterocycles. The van der Waals surface area contributed by atoms with E-state index in [9.17, 15) is 4.79 Å². The van der Waals surface area contributed by atoms with Crippen molar-refractivity contribution in [2.75, 3.05) is 13.2 Å². The zero-order valence-corrected chi connectivity index (χ0v) is 14.1. The molecule has 4 nitrogen and oxygen atoms in total. The predicted octanol–water partition coefficient (Wildman–Crippen LogP) is 2.47. The number of hydrogen-bond donors (Lipinski definition) is 2. The van der Waals surface area contributed by atoms with Gasteiger partial charge in [-0.2, -0.15) is 0 Å². The third kappa shape index (κ3) is 3.98.